The van der Waals surface area contributed by atoms with Crippen LogP contribution >= 0.6 is 0 Å². The van der Waals surface area contributed by atoms with Gasteiger partial charge in [-0.1, -0.05) is 38.5 Å². The fraction of sp³-hybridized carbons (Fsp3) is 0.931. The van der Waals surface area contributed by atoms with E-state index in [1.165, 1.54) is 114 Å². The summed E-state index contributed by atoms with van der Waals surface area (Å²) in [5.41, 5.74) is 3.12. The summed E-state index contributed by atoms with van der Waals surface area (Å²) in [7, 11) is 0.343. The summed E-state index contributed by atoms with van der Waals surface area (Å²) in [6.07, 6.45) is 20.5. The molecule has 1 aliphatic carbocycles. The fourth-order valence-electron chi connectivity index (χ4n) is 10.4. The van der Waals surface area contributed by atoms with E-state index in [4.69, 9.17) is 0 Å². The molecule has 0 spiro atoms. The van der Waals surface area contributed by atoms with E-state index in [1.54, 1.807) is 6.92 Å². The first kappa shape index (κ1) is 79.3. The van der Waals surface area contributed by atoms with Crippen molar-refractivity contribution in [2.45, 2.75) is 131 Å². The zero-order valence-electron chi connectivity index (χ0n) is 54.5. The van der Waals surface area contributed by atoms with E-state index in [1.807, 2.05) is 27.8 Å². The predicted octanol–water partition coefficient (Wildman–Crippen LogP) is 0.508. The standard InChI is InChI=1S/C13H27N3O.C12H25N3O.C9H20N4O.C9H19N3O.C9H19NO2S.C6H14N2O2S/c1-3-15-13(17)11-14-8-6-10-16-9-5-4-7-12(16)2;1-2-14-12(16)11-13-7-6-10-15-8-4-3-5-9-15;1-3-10-9(14)8-11-13-6-4-12(2)5-7-13;1-9(13)10-3-4-12-7-5-11(2)6-8-12;1-13(11,12)10-8-4-7-9-5-2-3-6-9;1-7-3-5-8(6-4-7)11(2,9)10/h12,14H,3-11H2,1-2H3,(H,15,17);13H,2-11H2,1H3,(H,14,16);11H,3-8H2,1-2H3,(H,10,14);3-8H2,1-2H3,(H,10,13);9-10H,2-8H2,1H3;3-6H2,1-2H3. The van der Waals surface area contributed by atoms with E-state index in [2.05, 4.69) is 97.5 Å². The number of amides is 4. The molecule has 84 heavy (non-hydrogen) atoms. The number of nitrogens with zero attached hydrogens (tertiary/aromatic N) is 8. The van der Waals surface area contributed by atoms with Crippen LogP contribution in [0.5, 0.6) is 0 Å². The summed E-state index contributed by atoms with van der Waals surface area (Å²) in [6.45, 7) is 35.0. The Morgan fingerprint density at radius 2 is 0.940 bits per heavy atom. The second kappa shape index (κ2) is 49.2. The molecular formula is C58H124N16O8S2. The van der Waals surface area contributed by atoms with Crippen LogP contribution < -0.4 is 42.0 Å². The van der Waals surface area contributed by atoms with E-state index in [0.29, 0.717) is 58.9 Å². The molecular weight excluding hydrogens is 1110 g/mol. The number of sulfonamides is 2. The molecule has 8 N–H and O–H groups in total. The minimum Gasteiger partial charge on any atom is -0.355 e. The van der Waals surface area contributed by atoms with Gasteiger partial charge < -0.3 is 56.4 Å². The lowest BCUT2D eigenvalue weighted by atomic mass is 10.0. The van der Waals surface area contributed by atoms with Gasteiger partial charge >= 0.3 is 0 Å². The third-order valence-corrected chi connectivity index (χ3v) is 17.7. The normalized spacial score (nSPS) is 20.1. The number of piperazine rings is 3. The van der Waals surface area contributed by atoms with E-state index in [-0.39, 0.29) is 23.6 Å². The molecule has 0 aromatic rings. The van der Waals surface area contributed by atoms with Crippen LogP contribution in [-0.4, -0.2) is 302 Å². The monoisotopic (exact) mass is 1240 g/mol. The number of carbonyl (C=O) groups excluding carboxylic acids is 4. The van der Waals surface area contributed by atoms with Gasteiger partial charge in [0, 0.05) is 131 Å². The first-order valence-electron chi connectivity index (χ1n) is 32.1. The third-order valence-electron chi connectivity index (χ3n) is 15.6. The van der Waals surface area contributed by atoms with Crippen molar-refractivity contribution in [1.82, 2.24) is 80.8 Å². The fourth-order valence-corrected chi connectivity index (χ4v) is 11.7. The number of rotatable bonds is 27. The molecule has 1 unspecified atom stereocenters. The molecule has 0 radical (unpaired) electrons. The molecule has 5 aliphatic heterocycles. The quantitative estimate of drug-likeness (QED) is 0.0522. The number of nitrogens with one attached hydrogen (secondary N) is 8. The number of hydrogen-bond donors (Lipinski definition) is 8. The molecule has 1 atom stereocenters. The number of piperidine rings is 2. The highest BCUT2D eigenvalue weighted by Crippen LogP contribution is 2.28. The molecule has 0 aromatic carbocycles. The highest BCUT2D eigenvalue weighted by Gasteiger charge is 2.22. The molecule has 26 heteroatoms. The maximum atomic E-state index is 11.2. The number of hydrogen-bond acceptors (Lipinski definition) is 18. The lowest BCUT2D eigenvalue weighted by Gasteiger charge is -2.33. The van der Waals surface area contributed by atoms with Crippen LogP contribution in [0.15, 0.2) is 0 Å². The maximum absolute atomic E-state index is 11.2. The Balaban J connectivity index is 0.000000506. The molecule has 6 fully saturated rings. The van der Waals surface area contributed by atoms with Crippen molar-refractivity contribution >= 4 is 43.7 Å². The summed E-state index contributed by atoms with van der Waals surface area (Å²) in [4.78, 5) is 58.3. The molecule has 5 saturated heterocycles. The van der Waals surface area contributed by atoms with Crippen LogP contribution in [0, 0.1) is 5.92 Å². The van der Waals surface area contributed by atoms with Crippen molar-refractivity contribution in [2.24, 2.45) is 5.92 Å². The van der Waals surface area contributed by atoms with Crippen LogP contribution in [-0.2, 0) is 39.2 Å². The highest BCUT2D eigenvalue weighted by molar-refractivity contribution is 7.88. The summed E-state index contributed by atoms with van der Waals surface area (Å²) >= 11 is 0. The van der Waals surface area contributed by atoms with Crippen molar-refractivity contribution in [3.05, 3.63) is 0 Å². The lowest BCUT2D eigenvalue weighted by Crippen LogP contribution is -2.52. The van der Waals surface area contributed by atoms with Crippen molar-refractivity contribution < 1.29 is 36.0 Å². The Morgan fingerprint density at radius 1 is 0.476 bits per heavy atom. The van der Waals surface area contributed by atoms with Crippen LogP contribution in [0.3, 0.4) is 0 Å². The van der Waals surface area contributed by atoms with Crippen LogP contribution in [0.2, 0.25) is 0 Å². The third kappa shape index (κ3) is 45.6. The highest BCUT2D eigenvalue weighted by atomic mass is 32.2. The summed E-state index contributed by atoms with van der Waals surface area (Å²) < 4.78 is 47.5. The van der Waals surface area contributed by atoms with Gasteiger partial charge in [0.25, 0.3) is 0 Å². The molecule has 496 valence electrons. The molecule has 1 saturated carbocycles. The summed E-state index contributed by atoms with van der Waals surface area (Å²) in [6, 6.07) is 0.743. The molecule has 6 aliphatic rings. The number of hydrazine groups is 1. The van der Waals surface area contributed by atoms with E-state index in [0.717, 1.165) is 129 Å². The largest absolute Gasteiger partial charge is 0.355 e. The van der Waals surface area contributed by atoms with Gasteiger partial charge in [-0.2, -0.15) is 4.31 Å². The first-order valence-corrected chi connectivity index (χ1v) is 35.9. The summed E-state index contributed by atoms with van der Waals surface area (Å²) in [5, 5.41) is 19.6. The zero-order chi connectivity index (χ0) is 62.4. The molecule has 6 rings (SSSR count). The molecule has 0 aromatic heterocycles. The van der Waals surface area contributed by atoms with E-state index >= 15 is 0 Å². The number of likely N-dealkylation sites (tertiary alicyclic amines) is 2. The van der Waals surface area contributed by atoms with Crippen LogP contribution in [0.25, 0.3) is 0 Å². The minimum absolute atomic E-state index is 0.0615. The SMILES string of the molecule is CC(=O)NCCN1CCN(C)CC1.CCNC(=O)CNCCCN1CCCCC1.CCNC(=O)CNCCCN1CCCCC1C.CCNC(=O)CNN1CCN(C)CC1.CN1CCN(S(C)(=O)=O)CC1.CS(=O)(=O)NCCCC1CCCC1. The van der Waals surface area contributed by atoms with E-state index in [9.17, 15) is 36.0 Å². The van der Waals surface area contributed by atoms with Crippen molar-refractivity contribution in [3.63, 3.8) is 0 Å². The Hall–Kier alpha value is -2.70. The first-order chi connectivity index (χ1) is 40.0. The Kier molecular flexibility index (Phi) is 46.5. The van der Waals surface area contributed by atoms with Crippen molar-refractivity contribution in [3.8, 4) is 0 Å². The van der Waals surface area contributed by atoms with Gasteiger partial charge in [-0.25, -0.2) is 32.0 Å². The minimum atomic E-state index is -2.97. The smallest absolute Gasteiger partial charge is 0.235 e. The average molecular weight is 1240 g/mol. The van der Waals surface area contributed by atoms with Gasteiger partial charge in [-0.05, 0) is 152 Å². The molecule has 5 heterocycles. The van der Waals surface area contributed by atoms with Gasteiger partial charge in [-0.3, -0.25) is 24.1 Å². The van der Waals surface area contributed by atoms with Crippen LogP contribution in [0.4, 0.5) is 0 Å². The van der Waals surface area contributed by atoms with Crippen LogP contribution in [0.1, 0.15) is 125 Å². The second-order valence-electron chi connectivity index (χ2n) is 23.4. The van der Waals surface area contributed by atoms with Gasteiger partial charge in [0.15, 0.2) is 0 Å². The number of likely N-dealkylation sites (N-methyl/N-ethyl adjacent to an activating group) is 6. The maximum Gasteiger partial charge on any atom is 0.235 e. The van der Waals surface area contributed by atoms with Gasteiger partial charge in [0.05, 0.1) is 32.1 Å². The average Bonchev–Trinajstić information content (AvgIpc) is 3.99. The van der Waals surface area contributed by atoms with Gasteiger partial charge in [-0.15, -0.1) is 0 Å². The lowest BCUT2D eigenvalue weighted by molar-refractivity contribution is -0.121. The Bertz CT molecular complexity index is 1900. The number of carbonyl (C=O) groups is 4. The zero-order valence-corrected chi connectivity index (χ0v) is 56.1. The van der Waals surface area contributed by atoms with Crippen molar-refractivity contribution in [2.75, 3.05) is 217 Å². The van der Waals surface area contributed by atoms with Gasteiger partial charge in [0.2, 0.25) is 43.7 Å². The van der Waals surface area contributed by atoms with E-state index < -0.39 is 20.0 Å². The predicted molar refractivity (Wildman–Crippen MR) is 344 cm³/mol. The molecule has 24 nitrogen and oxygen atoms in total. The molecule has 0 bridgehead atoms. The van der Waals surface area contributed by atoms with Gasteiger partial charge in [0.1, 0.15) is 0 Å². The van der Waals surface area contributed by atoms with Crippen molar-refractivity contribution in [1.29, 1.82) is 0 Å². The summed E-state index contributed by atoms with van der Waals surface area (Å²) in [5.74, 6) is 1.18. The Morgan fingerprint density at radius 3 is 1.43 bits per heavy atom. The topological polar surface area (TPSA) is 259 Å². The second-order valence-corrected chi connectivity index (χ2v) is 27.2. The Labute approximate surface area is 511 Å². The molecule has 4 amide bonds.